The van der Waals surface area contributed by atoms with Crippen molar-refractivity contribution < 1.29 is 50.1 Å². The van der Waals surface area contributed by atoms with Crippen LogP contribution in [0, 0.1) is 0 Å². The molecule has 0 radical (unpaired) electrons. The molecule has 1 aliphatic heterocycles. The van der Waals surface area contributed by atoms with Gasteiger partial charge in [-0.25, -0.2) is 4.79 Å². The SMILES string of the molecule is C=C(C)C(=O)OC1C(F)(F)C(=C)OC(O)(C(F)(F)F)C1(F)F. The van der Waals surface area contributed by atoms with Crippen LogP contribution in [0.25, 0.3) is 0 Å². The van der Waals surface area contributed by atoms with Gasteiger partial charge in [0, 0.05) is 5.57 Å². The van der Waals surface area contributed by atoms with Crippen LogP contribution in [0.2, 0.25) is 0 Å². The van der Waals surface area contributed by atoms with Crippen molar-refractivity contribution in [3.8, 4) is 0 Å². The minimum absolute atomic E-state index is 0.626. The van der Waals surface area contributed by atoms with E-state index in [1.807, 2.05) is 0 Å². The zero-order chi connectivity index (χ0) is 17.7. The number of carbonyl (C=O) groups excluding carboxylic acids is 1. The van der Waals surface area contributed by atoms with Gasteiger partial charge in [0.1, 0.15) is 0 Å². The molecule has 2 unspecified atom stereocenters. The highest BCUT2D eigenvalue weighted by Crippen LogP contribution is 2.55. The quantitative estimate of drug-likeness (QED) is 0.478. The van der Waals surface area contributed by atoms with E-state index in [2.05, 4.69) is 22.6 Å². The first-order chi connectivity index (χ1) is 9.59. The number of ether oxygens (including phenoxy) is 2. The molecule has 22 heavy (non-hydrogen) atoms. The third kappa shape index (κ3) is 2.42. The van der Waals surface area contributed by atoms with E-state index in [0.717, 1.165) is 6.92 Å². The number of alkyl halides is 7. The minimum atomic E-state index is -6.18. The van der Waals surface area contributed by atoms with Gasteiger partial charge in [-0.1, -0.05) is 13.2 Å². The maximum Gasteiger partial charge on any atom is 0.462 e. The third-order valence-electron chi connectivity index (χ3n) is 2.71. The lowest BCUT2D eigenvalue weighted by Gasteiger charge is -2.47. The van der Waals surface area contributed by atoms with Crippen LogP contribution in [0.1, 0.15) is 6.92 Å². The van der Waals surface area contributed by atoms with Crippen molar-refractivity contribution in [2.75, 3.05) is 0 Å². The fraction of sp³-hybridized carbons (Fsp3) is 0.545. The molecule has 0 aliphatic carbocycles. The third-order valence-corrected chi connectivity index (χ3v) is 2.71. The molecule has 0 aromatic carbocycles. The molecule has 1 rings (SSSR count). The van der Waals surface area contributed by atoms with Gasteiger partial charge in [-0.05, 0) is 6.92 Å². The topological polar surface area (TPSA) is 55.8 Å². The van der Waals surface area contributed by atoms with E-state index in [1.54, 1.807) is 0 Å². The molecule has 0 aromatic rings. The van der Waals surface area contributed by atoms with Gasteiger partial charge >= 0.3 is 29.8 Å². The highest BCUT2D eigenvalue weighted by molar-refractivity contribution is 5.87. The second-order valence-electron chi connectivity index (χ2n) is 4.48. The molecular formula is C11H9F7O4. The molecule has 0 bridgehead atoms. The van der Waals surface area contributed by atoms with Crippen molar-refractivity contribution in [1.29, 1.82) is 0 Å². The van der Waals surface area contributed by atoms with Gasteiger partial charge in [0.05, 0.1) is 0 Å². The average Bonchev–Trinajstić information content (AvgIpc) is 2.31. The Hall–Kier alpha value is -1.78. The van der Waals surface area contributed by atoms with Gasteiger partial charge in [-0.3, -0.25) is 0 Å². The van der Waals surface area contributed by atoms with Crippen molar-refractivity contribution in [3.63, 3.8) is 0 Å². The summed E-state index contributed by atoms with van der Waals surface area (Å²) in [5.74, 6) is -19.9. The summed E-state index contributed by atoms with van der Waals surface area (Å²) < 4.78 is 99.6. The summed E-state index contributed by atoms with van der Waals surface area (Å²) in [6, 6.07) is 0. The van der Waals surface area contributed by atoms with Gasteiger partial charge in [0.2, 0.25) is 6.10 Å². The standard InChI is InChI=1S/C11H9F7O4/c1-4(2)6(19)21-7-8(12,13)5(3)22-10(20,9(7,14)15)11(16,17)18/h7,20H,1,3H2,2H3. The van der Waals surface area contributed by atoms with Crippen LogP contribution in [0.3, 0.4) is 0 Å². The van der Waals surface area contributed by atoms with Gasteiger partial charge in [-0.2, -0.15) is 30.7 Å². The van der Waals surface area contributed by atoms with Crippen molar-refractivity contribution in [1.82, 2.24) is 0 Å². The second kappa shape index (κ2) is 4.86. The molecule has 1 fully saturated rings. The van der Waals surface area contributed by atoms with E-state index in [9.17, 15) is 35.5 Å². The first-order valence-corrected chi connectivity index (χ1v) is 5.38. The Morgan fingerprint density at radius 2 is 1.77 bits per heavy atom. The number of esters is 1. The molecule has 1 saturated heterocycles. The summed E-state index contributed by atoms with van der Waals surface area (Å²) in [5.41, 5.74) is -0.626. The van der Waals surface area contributed by atoms with Crippen LogP contribution in [-0.4, -0.2) is 41.0 Å². The van der Waals surface area contributed by atoms with E-state index in [-0.39, 0.29) is 0 Å². The molecule has 0 aromatic heterocycles. The van der Waals surface area contributed by atoms with Crippen LogP contribution in [0.4, 0.5) is 30.7 Å². The zero-order valence-electron chi connectivity index (χ0n) is 10.8. The highest BCUT2D eigenvalue weighted by atomic mass is 19.4. The van der Waals surface area contributed by atoms with Gasteiger partial charge in [-0.15, -0.1) is 0 Å². The zero-order valence-corrected chi connectivity index (χ0v) is 10.8. The number of hydrogen-bond acceptors (Lipinski definition) is 4. The van der Waals surface area contributed by atoms with Crippen molar-refractivity contribution >= 4 is 5.97 Å². The van der Waals surface area contributed by atoms with E-state index < -0.39 is 47.2 Å². The Kier molecular flexibility index (Phi) is 4.04. The summed E-state index contributed by atoms with van der Waals surface area (Å²) >= 11 is 0. The first kappa shape index (κ1) is 18.3. The maximum absolute atomic E-state index is 13.8. The average molecular weight is 338 g/mol. The van der Waals surface area contributed by atoms with Crippen LogP contribution >= 0.6 is 0 Å². The van der Waals surface area contributed by atoms with Gasteiger partial charge in [0.15, 0.2) is 5.76 Å². The Balaban J connectivity index is 3.44. The van der Waals surface area contributed by atoms with Crippen molar-refractivity contribution in [3.05, 3.63) is 24.5 Å². The molecule has 2 atom stereocenters. The molecule has 1 heterocycles. The predicted octanol–water partition coefficient (Wildman–Crippen LogP) is 2.54. The molecule has 0 amide bonds. The van der Waals surface area contributed by atoms with E-state index in [1.165, 1.54) is 0 Å². The van der Waals surface area contributed by atoms with Crippen LogP contribution in [0.5, 0.6) is 0 Å². The predicted molar refractivity (Wildman–Crippen MR) is 55.8 cm³/mol. The molecule has 126 valence electrons. The summed E-state index contributed by atoms with van der Waals surface area (Å²) in [7, 11) is 0. The Morgan fingerprint density at radius 1 is 1.32 bits per heavy atom. The monoisotopic (exact) mass is 338 g/mol. The number of rotatable bonds is 2. The lowest BCUT2D eigenvalue weighted by molar-refractivity contribution is -0.463. The molecule has 0 spiro atoms. The Morgan fingerprint density at radius 3 is 2.14 bits per heavy atom. The lowest BCUT2D eigenvalue weighted by Crippen LogP contribution is -2.73. The van der Waals surface area contributed by atoms with E-state index >= 15 is 0 Å². The molecular weight excluding hydrogens is 329 g/mol. The summed E-state index contributed by atoms with van der Waals surface area (Å²) in [4.78, 5) is 11.1. The van der Waals surface area contributed by atoms with E-state index in [0.29, 0.717) is 0 Å². The highest BCUT2D eigenvalue weighted by Gasteiger charge is 2.83. The Labute approximate surface area is 118 Å². The maximum atomic E-state index is 13.8. The normalized spacial score (nSPS) is 30.4. The summed E-state index contributed by atoms with van der Waals surface area (Å²) in [5, 5.41) is 9.05. The molecule has 11 heteroatoms. The number of halogens is 7. The molecule has 1 N–H and O–H groups in total. The molecule has 1 aliphatic rings. The fourth-order valence-electron chi connectivity index (χ4n) is 1.47. The van der Waals surface area contributed by atoms with Crippen molar-refractivity contribution in [2.45, 2.75) is 36.8 Å². The Bertz CT molecular complexity index is 525. The molecule has 0 saturated carbocycles. The largest absolute Gasteiger partial charge is 0.462 e. The smallest absolute Gasteiger partial charge is 0.447 e. The number of carbonyl (C=O) groups is 1. The fourth-order valence-corrected chi connectivity index (χ4v) is 1.47. The molecule has 4 nitrogen and oxygen atoms in total. The first-order valence-electron chi connectivity index (χ1n) is 5.38. The van der Waals surface area contributed by atoms with Gasteiger partial charge in [0.25, 0.3) is 0 Å². The van der Waals surface area contributed by atoms with E-state index in [4.69, 9.17) is 5.11 Å². The summed E-state index contributed by atoms with van der Waals surface area (Å²) in [6.45, 7) is 6.17. The lowest BCUT2D eigenvalue weighted by atomic mass is 9.92. The summed E-state index contributed by atoms with van der Waals surface area (Å²) in [6.07, 6.45) is -10.2. The number of hydrogen-bond donors (Lipinski definition) is 1. The van der Waals surface area contributed by atoms with Crippen molar-refractivity contribution in [2.24, 2.45) is 0 Å². The van der Waals surface area contributed by atoms with Crippen LogP contribution in [0.15, 0.2) is 24.5 Å². The van der Waals surface area contributed by atoms with Crippen LogP contribution in [-0.2, 0) is 14.3 Å². The second-order valence-corrected chi connectivity index (χ2v) is 4.48. The minimum Gasteiger partial charge on any atom is -0.447 e. The van der Waals surface area contributed by atoms with Gasteiger partial charge < -0.3 is 14.6 Å². The van der Waals surface area contributed by atoms with Crippen LogP contribution < -0.4 is 0 Å². The number of aliphatic hydroxyl groups is 1.